The maximum atomic E-state index is 10.6. The fraction of sp³-hybridized carbons (Fsp3) is 0.273. The number of ether oxygens (including phenoxy) is 3. The van der Waals surface area contributed by atoms with E-state index in [-0.39, 0.29) is 6.61 Å². The van der Waals surface area contributed by atoms with Crippen LogP contribution in [0.5, 0.6) is 5.88 Å². The Morgan fingerprint density at radius 1 is 1.44 bits per heavy atom. The van der Waals surface area contributed by atoms with E-state index in [1.54, 1.807) is 31.5 Å². The fourth-order valence-electron chi connectivity index (χ4n) is 0.970. The number of rotatable bonds is 4. The molecule has 5 heteroatoms. The molecule has 0 aromatic carbocycles. The third-order valence-corrected chi connectivity index (χ3v) is 1.74. The molecule has 16 heavy (non-hydrogen) atoms. The third-order valence-electron chi connectivity index (χ3n) is 1.74. The van der Waals surface area contributed by atoms with Crippen LogP contribution in [0.4, 0.5) is 4.79 Å². The molecule has 0 radical (unpaired) electrons. The molecule has 5 nitrogen and oxygen atoms in total. The van der Waals surface area contributed by atoms with E-state index in [0.717, 1.165) is 5.56 Å². The molecule has 0 unspecified atom stereocenters. The molecule has 0 aliphatic heterocycles. The Morgan fingerprint density at radius 2 is 2.25 bits per heavy atom. The molecule has 0 amide bonds. The van der Waals surface area contributed by atoms with Crippen molar-refractivity contribution in [1.82, 2.24) is 4.98 Å². The van der Waals surface area contributed by atoms with Crippen molar-refractivity contribution in [3.63, 3.8) is 0 Å². The summed E-state index contributed by atoms with van der Waals surface area (Å²) in [6.45, 7) is 0.165. The van der Waals surface area contributed by atoms with Crippen LogP contribution in [0, 0.1) is 0 Å². The quantitative estimate of drug-likeness (QED) is 0.729. The number of nitrogens with zero attached hydrogens (tertiary/aromatic N) is 1. The monoisotopic (exact) mass is 223 g/mol. The van der Waals surface area contributed by atoms with Crippen molar-refractivity contribution in [3.8, 4) is 5.88 Å². The van der Waals surface area contributed by atoms with Gasteiger partial charge in [0.1, 0.15) is 6.61 Å². The molecular formula is C11H13NO4. The van der Waals surface area contributed by atoms with Gasteiger partial charge in [-0.2, -0.15) is 0 Å². The maximum absolute atomic E-state index is 10.6. The highest BCUT2D eigenvalue weighted by atomic mass is 16.7. The summed E-state index contributed by atoms with van der Waals surface area (Å²) in [5.41, 5.74) is 0.897. The predicted molar refractivity (Wildman–Crippen MR) is 58.2 cm³/mol. The topological polar surface area (TPSA) is 57.7 Å². The van der Waals surface area contributed by atoms with Crippen molar-refractivity contribution >= 4 is 12.2 Å². The van der Waals surface area contributed by atoms with Crippen molar-refractivity contribution < 1.29 is 19.0 Å². The molecule has 0 saturated heterocycles. The molecule has 0 atom stereocenters. The van der Waals surface area contributed by atoms with E-state index in [1.807, 2.05) is 6.07 Å². The minimum Gasteiger partial charge on any atom is -0.481 e. The first-order valence-corrected chi connectivity index (χ1v) is 4.63. The highest BCUT2D eigenvalue weighted by molar-refractivity contribution is 5.60. The molecule has 0 saturated carbocycles. The van der Waals surface area contributed by atoms with Gasteiger partial charge in [0, 0.05) is 12.3 Å². The van der Waals surface area contributed by atoms with Crippen LogP contribution >= 0.6 is 0 Å². The van der Waals surface area contributed by atoms with Crippen LogP contribution in [0.1, 0.15) is 5.56 Å². The summed E-state index contributed by atoms with van der Waals surface area (Å²) < 4.78 is 13.9. The van der Waals surface area contributed by atoms with E-state index < -0.39 is 6.16 Å². The van der Waals surface area contributed by atoms with Crippen LogP contribution < -0.4 is 4.74 Å². The van der Waals surface area contributed by atoms with Crippen molar-refractivity contribution in [1.29, 1.82) is 0 Å². The summed E-state index contributed by atoms with van der Waals surface area (Å²) in [5.74, 6) is 0.558. The van der Waals surface area contributed by atoms with Gasteiger partial charge in [0.25, 0.3) is 0 Å². The van der Waals surface area contributed by atoms with Crippen LogP contribution in [0.3, 0.4) is 0 Å². The Morgan fingerprint density at radius 3 is 2.81 bits per heavy atom. The van der Waals surface area contributed by atoms with Gasteiger partial charge in [-0.3, -0.25) is 0 Å². The van der Waals surface area contributed by atoms with Gasteiger partial charge in [0.2, 0.25) is 5.88 Å². The van der Waals surface area contributed by atoms with E-state index in [2.05, 4.69) is 14.5 Å². The normalized spacial score (nSPS) is 10.1. The SMILES string of the molecule is COC(=O)OCC=Cc1ccc(OC)nc1. The van der Waals surface area contributed by atoms with E-state index in [0.29, 0.717) is 5.88 Å². The van der Waals surface area contributed by atoms with Crippen LogP contribution in [0.25, 0.3) is 6.08 Å². The molecule has 0 bridgehead atoms. The summed E-state index contributed by atoms with van der Waals surface area (Å²) >= 11 is 0. The Balaban J connectivity index is 2.40. The van der Waals surface area contributed by atoms with Crippen molar-refractivity contribution in [2.24, 2.45) is 0 Å². The maximum Gasteiger partial charge on any atom is 0.508 e. The molecule has 86 valence electrons. The average Bonchev–Trinajstić information content (AvgIpc) is 2.35. The van der Waals surface area contributed by atoms with Gasteiger partial charge in [-0.25, -0.2) is 9.78 Å². The number of carbonyl (C=O) groups is 1. The first kappa shape index (κ1) is 12.0. The minimum absolute atomic E-state index is 0.165. The Hall–Kier alpha value is -2.04. The summed E-state index contributed by atoms with van der Waals surface area (Å²) in [6.07, 6.45) is 4.45. The van der Waals surface area contributed by atoms with Crippen molar-refractivity contribution in [2.75, 3.05) is 20.8 Å². The van der Waals surface area contributed by atoms with Gasteiger partial charge >= 0.3 is 6.16 Å². The summed E-state index contributed by atoms with van der Waals surface area (Å²) in [7, 11) is 2.82. The third kappa shape index (κ3) is 4.00. The Kier molecular flexibility index (Phi) is 4.85. The molecule has 0 spiro atoms. The van der Waals surface area contributed by atoms with Gasteiger partial charge in [0.15, 0.2) is 0 Å². The van der Waals surface area contributed by atoms with E-state index in [9.17, 15) is 4.79 Å². The van der Waals surface area contributed by atoms with Crippen LogP contribution in [0.15, 0.2) is 24.4 Å². The number of pyridine rings is 1. The lowest BCUT2D eigenvalue weighted by atomic mass is 10.2. The number of methoxy groups -OCH3 is 2. The highest BCUT2D eigenvalue weighted by Crippen LogP contribution is 2.07. The van der Waals surface area contributed by atoms with Gasteiger partial charge < -0.3 is 14.2 Å². The van der Waals surface area contributed by atoms with Gasteiger partial charge in [-0.15, -0.1) is 0 Å². The lowest BCUT2D eigenvalue weighted by molar-refractivity contribution is 0.0819. The van der Waals surface area contributed by atoms with Crippen LogP contribution in [0.2, 0.25) is 0 Å². The van der Waals surface area contributed by atoms with E-state index in [4.69, 9.17) is 4.74 Å². The predicted octanol–water partition coefficient (Wildman–Crippen LogP) is 1.89. The molecular weight excluding hydrogens is 210 g/mol. The molecule has 1 rings (SSSR count). The molecule has 1 aromatic rings. The van der Waals surface area contributed by atoms with Crippen molar-refractivity contribution in [3.05, 3.63) is 30.0 Å². The zero-order valence-corrected chi connectivity index (χ0v) is 9.17. The summed E-state index contributed by atoms with van der Waals surface area (Å²) in [6, 6.07) is 3.60. The molecule has 1 heterocycles. The van der Waals surface area contributed by atoms with Gasteiger partial charge in [0.05, 0.1) is 14.2 Å². The molecule has 1 aromatic heterocycles. The molecule has 0 aliphatic rings. The number of aromatic nitrogens is 1. The zero-order chi connectivity index (χ0) is 11.8. The second kappa shape index (κ2) is 6.44. The second-order valence-corrected chi connectivity index (χ2v) is 2.80. The number of hydrogen-bond donors (Lipinski definition) is 0. The molecule has 0 fully saturated rings. The smallest absolute Gasteiger partial charge is 0.481 e. The largest absolute Gasteiger partial charge is 0.508 e. The van der Waals surface area contributed by atoms with Gasteiger partial charge in [-0.05, 0) is 17.7 Å². The van der Waals surface area contributed by atoms with Crippen LogP contribution in [-0.4, -0.2) is 32.0 Å². The molecule has 0 N–H and O–H groups in total. The van der Waals surface area contributed by atoms with E-state index in [1.165, 1.54) is 7.11 Å². The minimum atomic E-state index is -0.697. The Bertz CT molecular complexity index is 359. The molecule has 0 aliphatic carbocycles. The first-order valence-electron chi connectivity index (χ1n) is 4.63. The first-order chi connectivity index (χ1) is 7.76. The fourth-order valence-corrected chi connectivity index (χ4v) is 0.970. The number of carbonyl (C=O) groups excluding carboxylic acids is 1. The standard InChI is InChI=1S/C11H13NO4/c1-14-10-6-5-9(8-12-10)4-3-7-16-11(13)15-2/h3-6,8H,7H2,1-2H3. The average molecular weight is 223 g/mol. The Labute approximate surface area is 93.7 Å². The highest BCUT2D eigenvalue weighted by Gasteiger charge is 1.96. The van der Waals surface area contributed by atoms with E-state index >= 15 is 0 Å². The number of hydrogen-bond acceptors (Lipinski definition) is 5. The second-order valence-electron chi connectivity index (χ2n) is 2.80. The zero-order valence-electron chi connectivity index (χ0n) is 9.17. The summed E-state index contributed by atoms with van der Waals surface area (Å²) in [4.78, 5) is 14.6. The van der Waals surface area contributed by atoms with Gasteiger partial charge in [-0.1, -0.05) is 6.08 Å². The van der Waals surface area contributed by atoms with Crippen molar-refractivity contribution in [2.45, 2.75) is 0 Å². The van der Waals surface area contributed by atoms with Crippen LogP contribution in [-0.2, 0) is 9.47 Å². The lowest BCUT2D eigenvalue weighted by Gasteiger charge is -1.99. The summed E-state index contributed by atoms with van der Waals surface area (Å²) in [5, 5.41) is 0. The lowest BCUT2D eigenvalue weighted by Crippen LogP contribution is -2.03.